The number of nitrogens with zero attached hydrogens (tertiary/aromatic N) is 2. The van der Waals surface area contributed by atoms with E-state index in [1.165, 1.54) is 24.8 Å². The highest BCUT2D eigenvalue weighted by Crippen LogP contribution is 2.26. The van der Waals surface area contributed by atoms with Crippen LogP contribution in [0.15, 0.2) is 12.3 Å². The number of nitrogens with two attached hydrogens (primary N) is 1. The van der Waals surface area contributed by atoms with Crippen molar-refractivity contribution >= 4 is 11.5 Å². The van der Waals surface area contributed by atoms with Crippen molar-refractivity contribution in [2.24, 2.45) is 0 Å². The summed E-state index contributed by atoms with van der Waals surface area (Å²) in [6.07, 6.45) is 5.64. The normalized spacial score (nSPS) is 21.7. The minimum absolute atomic E-state index is 0.605. The molecule has 3 heteroatoms. The minimum Gasteiger partial charge on any atom is -0.397 e. The number of nitrogen functional groups attached to an aromatic ring is 1. The number of piperidine rings is 1. The SMILES string of the molecule is Cc1cc(N)cnc1N1CCCCC1C. The minimum atomic E-state index is 0.605. The predicted octanol–water partition coefficient (Wildman–Crippen LogP) is 2.35. The Balaban J connectivity index is 2.27. The van der Waals surface area contributed by atoms with Crippen LogP contribution in [-0.4, -0.2) is 17.6 Å². The Bertz CT molecular complexity index is 349. The van der Waals surface area contributed by atoms with E-state index in [2.05, 4.69) is 23.7 Å². The number of anilines is 2. The quantitative estimate of drug-likeness (QED) is 0.765. The molecule has 1 aliphatic rings. The summed E-state index contributed by atoms with van der Waals surface area (Å²) < 4.78 is 0. The smallest absolute Gasteiger partial charge is 0.131 e. The maximum absolute atomic E-state index is 5.71. The van der Waals surface area contributed by atoms with Crippen molar-refractivity contribution in [2.75, 3.05) is 17.2 Å². The molecule has 15 heavy (non-hydrogen) atoms. The van der Waals surface area contributed by atoms with Gasteiger partial charge in [0.05, 0.1) is 11.9 Å². The lowest BCUT2D eigenvalue weighted by Crippen LogP contribution is -2.38. The van der Waals surface area contributed by atoms with E-state index in [0.717, 1.165) is 18.1 Å². The fourth-order valence-electron chi connectivity index (χ4n) is 2.30. The summed E-state index contributed by atoms with van der Waals surface area (Å²) >= 11 is 0. The molecular formula is C12H19N3. The van der Waals surface area contributed by atoms with Gasteiger partial charge in [0.25, 0.3) is 0 Å². The second-order valence-electron chi connectivity index (χ2n) is 4.45. The fourth-order valence-corrected chi connectivity index (χ4v) is 2.30. The average molecular weight is 205 g/mol. The largest absolute Gasteiger partial charge is 0.397 e. The highest BCUT2D eigenvalue weighted by molar-refractivity contribution is 5.53. The zero-order chi connectivity index (χ0) is 10.8. The Morgan fingerprint density at radius 3 is 2.93 bits per heavy atom. The van der Waals surface area contributed by atoms with Gasteiger partial charge in [0.2, 0.25) is 0 Å². The van der Waals surface area contributed by atoms with Crippen LogP contribution >= 0.6 is 0 Å². The summed E-state index contributed by atoms with van der Waals surface area (Å²) in [4.78, 5) is 6.85. The van der Waals surface area contributed by atoms with Crippen LogP contribution in [0.5, 0.6) is 0 Å². The van der Waals surface area contributed by atoms with Crippen LogP contribution in [0, 0.1) is 6.92 Å². The summed E-state index contributed by atoms with van der Waals surface area (Å²) in [6.45, 7) is 5.48. The molecule has 82 valence electrons. The summed E-state index contributed by atoms with van der Waals surface area (Å²) in [5, 5.41) is 0. The van der Waals surface area contributed by atoms with Crippen LogP contribution in [0.4, 0.5) is 11.5 Å². The van der Waals surface area contributed by atoms with Crippen molar-refractivity contribution in [1.29, 1.82) is 0 Å². The molecule has 2 heterocycles. The van der Waals surface area contributed by atoms with E-state index in [4.69, 9.17) is 5.73 Å². The van der Waals surface area contributed by atoms with Crippen molar-refractivity contribution in [3.63, 3.8) is 0 Å². The number of aromatic nitrogens is 1. The number of pyridine rings is 1. The van der Waals surface area contributed by atoms with Crippen LogP contribution in [0.1, 0.15) is 31.7 Å². The molecule has 0 aliphatic carbocycles. The zero-order valence-corrected chi connectivity index (χ0v) is 9.53. The molecule has 1 saturated heterocycles. The van der Waals surface area contributed by atoms with Crippen molar-refractivity contribution in [1.82, 2.24) is 4.98 Å². The first-order valence-corrected chi connectivity index (χ1v) is 5.67. The Morgan fingerprint density at radius 1 is 1.47 bits per heavy atom. The molecule has 1 aromatic heterocycles. The third-order valence-electron chi connectivity index (χ3n) is 3.15. The first-order valence-electron chi connectivity index (χ1n) is 5.67. The van der Waals surface area contributed by atoms with Crippen LogP contribution < -0.4 is 10.6 Å². The summed E-state index contributed by atoms with van der Waals surface area (Å²) in [5.74, 6) is 1.11. The van der Waals surface area contributed by atoms with E-state index in [1.807, 2.05) is 6.07 Å². The van der Waals surface area contributed by atoms with E-state index in [1.54, 1.807) is 6.20 Å². The highest BCUT2D eigenvalue weighted by Gasteiger charge is 2.20. The first-order chi connectivity index (χ1) is 7.18. The van der Waals surface area contributed by atoms with E-state index < -0.39 is 0 Å². The molecule has 0 spiro atoms. The summed E-state index contributed by atoms with van der Waals surface area (Å²) in [6, 6.07) is 2.61. The van der Waals surface area contributed by atoms with Crippen molar-refractivity contribution < 1.29 is 0 Å². The van der Waals surface area contributed by atoms with Crippen LogP contribution in [0.3, 0.4) is 0 Å². The van der Waals surface area contributed by atoms with Gasteiger partial charge >= 0.3 is 0 Å². The Morgan fingerprint density at radius 2 is 2.27 bits per heavy atom. The number of hydrogen-bond acceptors (Lipinski definition) is 3. The Hall–Kier alpha value is -1.25. The second kappa shape index (κ2) is 4.09. The van der Waals surface area contributed by atoms with Gasteiger partial charge in [0, 0.05) is 12.6 Å². The van der Waals surface area contributed by atoms with Gasteiger partial charge in [-0.3, -0.25) is 0 Å². The zero-order valence-electron chi connectivity index (χ0n) is 9.53. The molecule has 3 nitrogen and oxygen atoms in total. The molecule has 0 radical (unpaired) electrons. The topological polar surface area (TPSA) is 42.1 Å². The molecule has 2 N–H and O–H groups in total. The van der Waals surface area contributed by atoms with Gasteiger partial charge < -0.3 is 10.6 Å². The number of aryl methyl sites for hydroxylation is 1. The van der Waals surface area contributed by atoms with Gasteiger partial charge in [-0.15, -0.1) is 0 Å². The Kier molecular flexibility index (Phi) is 2.80. The lowest BCUT2D eigenvalue weighted by Gasteiger charge is -2.35. The molecule has 1 aromatic rings. The molecule has 1 unspecified atom stereocenters. The molecule has 1 fully saturated rings. The van der Waals surface area contributed by atoms with Gasteiger partial charge in [0.1, 0.15) is 5.82 Å². The number of hydrogen-bond donors (Lipinski definition) is 1. The van der Waals surface area contributed by atoms with E-state index in [0.29, 0.717) is 6.04 Å². The lowest BCUT2D eigenvalue weighted by molar-refractivity contribution is 0.480. The molecule has 0 saturated carbocycles. The van der Waals surface area contributed by atoms with Crippen molar-refractivity contribution in [3.05, 3.63) is 17.8 Å². The highest BCUT2D eigenvalue weighted by atomic mass is 15.2. The number of rotatable bonds is 1. The third kappa shape index (κ3) is 2.06. The monoisotopic (exact) mass is 205 g/mol. The molecule has 0 bridgehead atoms. The van der Waals surface area contributed by atoms with Gasteiger partial charge in [-0.05, 0) is 44.7 Å². The van der Waals surface area contributed by atoms with Gasteiger partial charge in [-0.1, -0.05) is 0 Å². The molecular weight excluding hydrogens is 186 g/mol. The average Bonchev–Trinajstić information content (AvgIpc) is 2.20. The summed E-state index contributed by atoms with van der Waals surface area (Å²) in [7, 11) is 0. The van der Waals surface area contributed by atoms with Crippen LogP contribution in [0.2, 0.25) is 0 Å². The van der Waals surface area contributed by atoms with Crippen LogP contribution in [0.25, 0.3) is 0 Å². The first kappa shape index (κ1) is 10.3. The fraction of sp³-hybridized carbons (Fsp3) is 0.583. The van der Waals surface area contributed by atoms with Crippen molar-refractivity contribution in [3.8, 4) is 0 Å². The van der Waals surface area contributed by atoms with E-state index >= 15 is 0 Å². The van der Waals surface area contributed by atoms with Gasteiger partial charge in [0.15, 0.2) is 0 Å². The molecule has 1 aliphatic heterocycles. The second-order valence-corrected chi connectivity index (χ2v) is 4.45. The molecule has 0 amide bonds. The van der Waals surface area contributed by atoms with Crippen LogP contribution in [-0.2, 0) is 0 Å². The molecule has 1 atom stereocenters. The predicted molar refractivity (Wildman–Crippen MR) is 64.0 cm³/mol. The van der Waals surface area contributed by atoms with Gasteiger partial charge in [-0.2, -0.15) is 0 Å². The maximum Gasteiger partial charge on any atom is 0.131 e. The molecule has 0 aromatic carbocycles. The standard InChI is InChI=1S/C12H19N3/c1-9-7-11(13)8-14-12(9)15-6-4-3-5-10(15)2/h7-8,10H,3-6,13H2,1-2H3. The van der Waals surface area contributed by atoms with E-state index in [-0.39, 0.29) is 0 Å². The summed E-state index contributed by atoms with van der Waals surface area (Å²) in [5.41, 5.74) is 7.65. The Labute approximate surface area is 91.3 Å². The van der Waals surface area contributed by atoms with Crippen molar-refractivity contribution in [2.45, 2.75) is 39.2 Å². The molecule has 2 rings (SSSR count). The van der Waals surface area contributed by atoms with Gasteiger partial charge in [-0.25, -0.2) is 4.98 Å². The third-order valence-corrected chi connectivity index (χ3v) is 3.15. The van der Waals surface area contributed by atoms with E-state index in [9.17, 15) is 0 Å². The maximum atomic E-state index is 5.71. The lowest BCUT2D eigenvalue weighted by atomic mass is 10.0.